The highest BCUT2D eigenvalue weighted by Crippen LogP contribution is 2.33. The molecule has 0 fully saturated rings. The van der Waals surface area contributed by atoms with Crippen LogP contribution in [0.15, 0.2) is 85.4 Å². The van der Waals surface area contributed by atoms with Gasteiger partial charge in [0.25, 0.3) is 0 Å². The van der Waals surface area contributed by atoms with Gasteiger partial charge in [0.15, 0.2) is 0 Å². The summed E-state index contributed by atoms with van der Waals surface area (Å²) < 4.78 is 21.5. The fourth-order valence-electron chi connectivity index (χ4n) is 5.63. The standard InChI is InChI=1S/2C16H10O4/c1-7-3-9-13-11(5-7)19-16(18)10-4-8(2)6-12(14(10)13)20-15(9)17;1-7-3-9-13-10(4-7)16(18)20-12-6-8(2)5-11(14(12)13)19-15(9)17/h2*3-6H,1-2H3. The number of hydrogen-bond acceptors (Lipinski definition) is 8. The van der Waals surface area contributed by atoms with Crippen LogP contribution in [-0.4, -0.2) is 0 Å². The largest absolute Gasteiger partial charge is 0.422 e. The van der Waals surface area contributed by atoms with Crippen LogP contribution in [-0.2, 0) is 0 Å². The first kappa shape index (κ1) is 23.8. The molecule has 0 saturated heterocycles. The minimum Gasteiger partial charge on any atom is -0.422 e. The Morgan fingerprint density at radius 1 is 0.350 bits per heavy atom. The van der Waals surface area contributed by atoms with Crippen molar-refractivity contribution in [3.63, 3.8) is 0 Å². The van der Waals surface area contributed by atoms with E-state index in [4.69, 9.17) is 17.7 Å². The van der Waals surface area contributed by atoms with Crippen molar-refractivity contribution in [1.82, 2.24) is 0 Å². The van der Waals surface area contributed by atoms with E-state index in [0.29, 0.717) is 65.4 Å². The molecule has 0 saturated carbocycles. The maximum atomic E-state index is 12.1. The van der Waals surface area contributed by atoms with Crippen molar-refractivity contribution in [1.29, 1.82) is 0 Å². The lowest BCUT2D eigenvalue weighted by Gasteiger charge is -2.09. The summed E-state index contributed by atoms with van der Waals surface area (Å²) in [6, 6.07) is 14.1. The molecule has 0 bridgehead atoms. The Bertz CT molecular complexity index is 2390. The number of rotatable bonds is 0. The Hall–Kier alpha value is -5.24. The Labute approximate surface area is 223 Å². The lowest BCUT2D eigenvalue weighted by molar-refractivity contribution is 0.556. The van der Waals surface area contributed by atoms with Gasteiger partial charge in [0.1, 0.15) is 22.3 Å². The molecule has 0 amide bonds. The number of benzene rings is 4. The van der Waals surface area contributed by atoms with Crippen LogP contribution in [0.2, 0.25) is 0 Å². The number of aryl methyl sites for hydroxylation is 4. The van der Waals surface area contributed by atoms with Crippen LogP contribution >= 0.6 is 0 Å². The van der Waals surface area contributed by atoms with Gasteiger partial charge in [-0.15, -0.1) is 0 Å². The fraction of sp³-hybridized carbons (Fsp3) is 0.125. The predicted octanol–water partition coefficient (Wildman–Crippen LogP) is 6.21. The van der Waals surface area contributed by atoms with Crippen LogP contribution in [0.25, 0.3) is 65.4 Å². The van der Waals surface area contributed by atoms with E-state index in [2.05, 4.69) is 0 Å². The Kier molecular flexibility index (Phi) is 4.85. The van der Waals surface area contributed by atoms with E-state index in [1.165, 1.54) is 0 Å². The van der Waals surface area contributed by atoms with Gasteiger partial charge < -0.3 is 17.7 Å². The zero-order valence-corrected chi connectivity index (χ0v) is 21.9. The molecule has 0 radical (unpaired) electrons. The second kappa shape index (κ2) is 8.13. The third-order valence-corrected chi connectivity index (χ3v) is 7.18. The summed E-state index contributed by atoms with van der Waals surface area (Å²) in [6.07, 6.45) is 0. The average molecular weight is 533 g/mol. The highest BCUT2D eigenvalue weighted by atomic mass is 16.4. The van der Waals surface area contributed by atoms with Crippen LogP contribution in [0.3, 0.4) is 0 Å². The minimum absolute atomic E-state index is 0.410. The molecule has 4 aromatic heterocycles. The van der Waals surface area contributed by atoms with Crippen molar-refractivity contribution in [3.8, 4) is 0 Å². The van der Waals surface area contributed by atoms with E-state index in [1.807, 2.05) is 27.7 Å². The van der Waals surface area contributed by atoms with Gasteiger partial charge in [-0.2, -0.15) is 0 Å². The molecule has 0 N–H and O–H groups in total. The van der Waals surface area contributed by atoms with Crippen molar-refractivity contribution in [2.75, 3.05) is 0 Å². The molecule has 4 aromatic carbocycles. The smallest absolute Gasteiger partial charge is 0.344 e. The van der Waals surface area contributed by atoms with Crippen molar-refractivity contribution in [3.05, 3.63) is 112 Å². The zero-order chi connectivity index (χ0) is 28.0. The van der Waals surface area contributed by atoms with Gasteiger partial charge in [-0.05, 0) is 98.5 Å². The van der Waals surface area contributed by atoms with E-state index >= 15 is 0 Å². The summed E-state index contributed by atoms with van der Waals surface area (Å²) in [4.78, 5) is 48.5. The summed E-state index contributed by atoms with van der Waals surface area (Å²) in [6.45, 7) is 7.38. The maximum absolute atomic E-state index is 12.1. The van der Waals surface area contributed by atoms with Gasteiger partial charge in [-0.25, -0.2) is 19.2 Å². The first-order chi connectivity index (χ1) is 19.1. The van der Waals surface area contributed by atoms with Crippen LogP contribution in [0.5, 0.6) is 0 Å². The Balaban J connectivity index is 0.000000132. The Morgan fingerprint density at radius 2 is 0.600 bits per heavy atom. The van der Waals surface area contributed by atoms with Gasteiger partial charge in [0.05, 0.1) is 26.9 Å². The second-order valence-corrected chi connectivity index (χ2v) is 10.3. The summed E-state index contributed by atoms with van der Waals surface area (Å²) in [5, 5.41) is 4.40. The van der Waals surface area contributed by atoms with Gasteiger partial charge in [-0.1, -0.05) is 0 Å². The zero-order valence-electron chi connectivity index (χ0n) is 21.9. The third kappa shape index (κ3) is 3.39. The minimum atomic E-state index is -0.427. The second-order valence-electron chi connectivity index (χ2n) is 10.3. The van der Waals surface area contributed by atoms with Crippen molar-refractivity contribution in [2.24, 2.45) is 0 Å². The van der Waals surface area contributed by atoms with E-state index < -0.39 is 22.5 Å². The molecule has 0 aliphatic rings. The molecule has 0 spiro atoms. The normalized spacial score (nSPS) is 11.9. The van der Waals surface area contributed by atoms with Gasteiger partial charge in [-0.3, -0.25) is 0 Å². The maximum Gasteiger partial charge on any atom is 0.344 e. The average Bonchev–Trinajstić information content (AvgIpc) is 2.87. The highest BCUT2D eigenvalue weighted by Gasteiger charge is 2.19. The van der Waals surface area contributed by atoms with Gasteiger partial charge in [0.2, 0.25) is 0 Å². The third-order valence-electron chi connectivity index (χ3n) is 7.18. The van der Waals surface area contributed by atoms with E-state index in [1.54, 1.807) is 48.5 Å². The van der Waals surface area contributed by atoms with Crippen LogP contribution < -0.4 is 22.5 Å². The van der Waals surface area contributed by atoms with Crippen LogP contribution in [0.4, 0.5) is 0 Å². The SMILES string of the molecule is Cc1cc2oc(=O)c3cc(C)cc4c(=O)oc(c1)c2c34.Cc1cc2oc(=O)c3cc(C)cc4oc(=O)c(c1)c2c43. The molecule has 8 nitrogen and oxygen atoms in total. The predicted molar refractivity (Wildman–Crippen MR) is 153 cm³/mol. The van der Waals surface area contributed by atoms with Crippen LogP contribution in [0, 0.1) is 27.7 Å². The summed E-state index contributed by atoms with van der Waals surface area (Å²) in [5.41, 5.74) is 3.49. The van der Waals surface area contributed by atoms with Crippen molar-refractivity contribution < 1.29 is 17.7 Å². The summed E-state index contributed by atoms with van der Waals surface area (Å²) in [5.74, 6) is 0. The molecule has 0 unspecified atom stereocenters. The summed E-state index contributed by atoms with van der Waals surface area (Å²) >= 11 is 0. The first-order valence-corrected chi connectivity index (χ1v) is 12.6. The van der Waals surface area contributed by atoms with Gasteiger partial charge in [0, 0.05) is 16.2 Å². The van der Waals surface area contributed by atoms with E-state index in [0.717, 1.165) is 22.3 Å². The fourth-order valence-corrected chi connectivity index (χ4v) is 5.63. The molecule has 0 aliphatic heterocycles. The molecule has 8 rings (SSSR count). The molecule has 0 atom stereocenters. The molecular formula is C32H20O8. The highest BCUT2D eigenvalue weighted by molar-refractivity contribution is 6.20. The topological polar surface area (TPSA) is 121 Å². The van der Waals surface area contributed by atoms with Crippen molar-refractivity contribution in [2.45, 2.75) is 27.7 Å². The monoisotopic (exact) mass is 532 g/mol. The molecule has 196 valence electrons. The van der Waals surface area contributed by atoms with Crippen molar-refractivity contribution >= 4 is 65.4 Å². The van der Waals surface area contributed by atoms with E-state index in [-0.39, 0.29) is 0 Å². The lowest BCUT2D eigenvalue weighted by Crippen LogP contribution is -2.07. The molecular weight excluding hydrogens is 512 g/mol. The summed E-state index contributed by atoms with van der Waals surface area (Å²) in [7, 11) is 0. The molecule has 4 heterocycles. The quantitative estimate of drug-likeness (QED) is 0.167. The van der Waals surface area contributed by atoms with Crippen LogP contribution in [0.1, 0.15) is 22.3 Å². The number of hydrogen-bond donors (Lipinski definition) is 0. The molecule has 8 heteroatoms. The molecule has 8 aromatic rings. The van der Waals surface area contributed by atoms with E-state index in [9.17, 15) is 19.2 Å². The lowest BCUT2D eigenvalue weighted by atomic mass is 10.00. The Morgan fingerprint density at radius 3 is 0.950 bits per heavy atom. The van der Waals surface area contributed by atoms with Gasteiger partial charge >= 0.3 is 22.5 Å². The molecule has 40 heavy (non-hydrogen) atoms. The molecule has 0 aliphatic carbocycles. The first-order valence-electron chi connectivity index (χ1n) is 12.6.